The van der Waals surface area contributed by atoms with Gasteiger partial charge in [0, 0.05) is 25.1 Å². The topological polar surface area (TPSA) is 71.3 Å². The van der Waals surface area contributed by atoms with Gasteiger partial charge in [-0.3, -0.25) is 4.79 Å². The lowest BCUT2D eigenvalue weighted by atomic mass is 10.1. The van der Waals surface area contributed by atoms with E-state index in [0.717, 1.165) is 5.56 Å². The molecule has 8 heteroatoms. The van der Waals surface area contributed by atoms with E-state index in [2.05, 4.69) is 15.5 Å². The minimum absolute atomic E-state index is 0.115. The highest BCUT2D eigenvalue weighted by Gasteiger charge is 2.73. The number of amides is 1. The third-order valence-electron chi connectivity index (χ3n) is 5.03. The Morgan fingerprint density at radius 3 is 2.68 bits per heavy atom. The van der Waals surface area contributed by atoms with Crippen molar-refractivity contribution in [3.63, 3.8) is 0 Å². The van der Waals surface area contributed by atoms with Gasteiger partial charge in [0.2, 0.25) is 11.8 Å². The molecular formula is C17H18F2N4O2. The SMILES string of the molecule is CC(Nc1nnc(-c2ccccc2)o1)C(=O)N1CCC2(C1)CC2(F)F. The molecule has 0 bridgehead atoms. The first-order valence-electron chi connectivity index (χ1n) is 8.22. The fourth-order valence-corrected chi connectivity index (χ4v) is 3.38. The number of halogens is 2. The van der Waals surface area contributed by atoms with Crippen molar-refractivity contribution in [1.29, 1.82) is 0 Å². The van der Waals surface area contributed by atoms with Gasteiger partial charge in [0.05, 0.1) is 5.41 Å². The molecule has 1 amide bonds. The van der Waals surface area contributed by atoms with E-state index in [1.807, 2.05) is 30.3 Å². The van der Waals surface area contributed by atoms with Gasteiger partial charge in [-0.15, -0.1) is 5.10 Å². The maximum absolute atomic E-state index is 13.5. The molecule has 1 aliphatic carbocycles. The van der Waals surface area contributed by atoms with Crippen LogP contribution in [0.15, 0.2) is 34.7 Å². The lowest BCUT2D eigenvalue weighted by molar-refractivity contribution is -0.131. The van der Waals surface area contributed by atoms with Gasteiger partial charge in [0.15, 0.2) is 0 Å². The molecule has 6 nitrogen and oxygen atoms in total. The quantitative estimate of drug-likeness (QED) is 0.920. The smallest absolute Gasteiger partial charge is 0.316 e. The second-order valence-corrected chi connectivity index (χ2v) is 6.82. The maximum Gasteiger partial charge on any atom is 0.316 e. The van der Waals surface area contributed by atoms with Crippen LogP contribution in [0.3, 0.4) is 0 Å². The summed E-state index contributed by atoms with van der Waals surface area (Å²) in [6.07, 6.45) is 0.243. The molecule has 4 rings (SSSR count). The standard InChI is InChI=1S/C17H18F2N4O2/c1-11(14(24)23-8-7-16(10-23)9-17(16,18)19)20-15-22-21-13(25-15)12-5-3-2-4-6-12/h2-6,11H,7-10H2,1H3,(H,20,22). The van der Waals surface area contributed by atoms with Gasteiger partial charge in [-0.05, 0) is 25.5 Å². The van der Waals surface area contributed by atoms with Crippen molar-refractivity contribution in [1.82, 2.24) is 15.1 Å². The van der Waals surface area contributed by atoms with Crippen LogP contribution < -0.4 is 5.32 Å². The Morgan fingerprint density at radius 2 is 2.04 bits per heavy atom. The Kier molecular flexibility index (Phi) is 3.52. The molecule has 2 fully saturated rings. The molecule has 1 spiro atoms. The lowest BCUT2D eigenvalue weighted by Gasteiger charge is -2.21. The van der Waals surface area contributed by atoms with E-state index >= 15 is 0 Å². The molecule has 132 valence electrons. The van der Waals surface area contributed by atoms with Crippen LogP contribution in [0.25, 0.3) is 11.5 Å². The Bertz CT molecular complexity index is 795. The normalized spacial score (nSPS) is 25.2. The number of nitrogens with one attached hydrogen (secondary N) is 1. The van der Waals surface area contributed by atoms with Crippen molar-refractivity contribution >= 4 is 11.9 Å². The van der Waals surface area contributed by atoms with E-state index in [4.69, 9.17) is 4.42 Å². The van der Waals surface area contributed by atoms with Crippen LogP contribution in [-0.4, -0.2) is 46.1 Å². The highest BCUT2D eigenvalue weighted by molar-refractivity contribution is 5.84. The molecular weight excluding hydrogens is 330 g/mol. The zero-order valence-corrected chi connectivity index (χ0v) is 13.7. The number of benzene rings is 1. The van der Waals surface area contributed by atoms with Crippen LogP contribution in [0.1, 0.15) is 19.8 Å². The highest BCUT2D eigenvalue weighted by Crippen LogP contribution is 2.65. The van der Waals surface area contributed by atoms with Crippen LogP contribution in [0.5, 0.6) is 0 Å². The summed E-state index contributed by atoms with van der Waals surface area (Å²) in [6, 6.07) is 8.77. The van der Waals surface area contributed by atoms with E-state index in [1.165, 1.54) is 4.90 Å². The largest absolute Gasteiger partial charge is 0.403 e. The fraction of sp³-hybridized carbons (Fsp3) is 0.471. The maximum atomic E-state index is 13.5. The summed E-state index contributed by atoms with van der Waals surface area (Å²) in [5.74, 6) is -2.52. The van der Waals surface area contributed by atoms with Gasteiger partial charge in [-0.25, -0.2) is 8.78 Å². The molecule has 2 aliphatic rings. The van der Waals surface area contributed by atoms with Gasteiger partial charge in [0.1, 0.15) is 6.04 Å². The number of nitrogens with zero attached hydrogens (tertiary/aromatic N) is 3. The minimum atomic E-state index is -2.63. The molecule has 1 saturated heterocycles. The minimum Gasteiger partial charge on any atom is -0.403 e. The van der Waals surface area contributed by atoms with Crippen molar-refractivity contribution in [2.24, 2.45) is 5.41 Å². The average Bonchev–Trinajstić information content (AvgIpc) is 3.00. The number of anilines is 1. The van der Waals surface area contributed by atoms with Crippen molar-refractivity contribution in [2.45, 2.75) is 31.7 Å². The van der Waals surface area contributed by atoms with Crippen LogP contribution in [0, 0.1) is 5.41 Å². The Balaban J connectivity index is 1.39. The van der Waals surface area contributed by atoms with Gasteiger partial charge >= 0.3 is 6.01 Å². The van der Waals surface area contributed by atoms with E-state index < -0.39 is 17.4 Å². The Hall–Kier alpha value is -2.51. The number of likely N-dealkylation sites (tertiary alicyclic amines) is 1. The third-order valence-corrected chi connectivity index (χ3v) is 5.03. The summed E-state index contributed by atoms with van der Waals surface area (Å²) < 4.78 is 32.4. The molecule has 1 N–H and O–H groups in total. The van der Waals surface area contributed by atoms with E-state index in [-0.39, 0.29) is 24.9 Å². The Morgan fingerprint density at radius 1 is 1.32 bits per heavy atom. The summed E-state index contributed by atoms with van der Waals surface area (Å²) in [6.45, 7) is 2.13. The number of hydrogen-bond donors (Lipinski definition) is 1. The van der Waals surface area contributed by atoms with E-state index in [0.29, 0.717) is 18.9 Å². The molecule has 2 atom stereocenters. The molecule has 25 heavy (non-hydrogen) atoms. The first kappa shape index (κ1) is 16.0. The van der Waals surface area contributed by atoms with Crippen molar-refractivity contribution in [2.75, 3.05) is 18.4 Å². The zero-order valence-electron chi connectivity index (χ0n) is 13.7. The lowest BCUT2D eigenvalue weighted by Crippen LogP contribution is -2.40. The monoisotopic (exact) mass is 348 g/mol. The van der Waals surface area contributed by atoms with E-state index in [1.54, 1.807) is 6.92 Å². The summed E-state index contributed by atoms with van der Waals surface area (Å²) >= 11 is 0. The average molecular weight is 348 g/mol. The van der Waals surface area contributed by atoms with Crippen molar-refractivity contribution < 1.29 is 18.0 Å². The molecule has 0 radical (unpaired) electrons. The number of rotatable bonds is 4. The summed E-state index contributed by atoms with van der Waals surface area (Å²) in [5.41, 5.74) is -0.215. The van der Waals surface area contributed by atoms with Crippen molar-refractivity contribution in [3.8, 4) is 11.5 Å². The highest BCUT2D eigenvalue weighted by atomic mass is 19.3. The number of carbonyl (C=O) groups excluding carboxylic acids is 1. The number of carbonyl (C=O) groups is 1. The molecule has 2 aromatic rings. The molecule has 2 unspecified atom stereocenters. The van der Waals surface area contributed by atoms with Gasteiger partial charge in [-0.2, -0.15) is 0 Å². The second kappa shape index (κ2) is 5.50. The molecule has 2 heterocycles. The van der Waals surface area contributed by atoms with Crippen LogP contribution in [0.4, 0.5) is 14.8 Å². The number of alkyl halides is 2. The first-order valence-corrected chi connectivity index (χ1v) is 8.22. The molecule has 1 aliphatic heterocycles. The van der Waals surface area contributed by atoms with Crippen molar-refractivity contribution in [3.05, 3.63) is 30.3 Å². The first-order chi connectivity index (χ1) is 11.9. The summed E-state index contributed by atoms with van der Waals surface area (Å²) in [4.78, 5) is 14.0. The van der Waals surface area contributed by atoms with Crippen LogP contribution in [0.2, 0.25) is 0 Å². The van der Waals surface area contributed by atoms with Gasteiger partial charge < -0.3 is 14.6 Å². The fourth-order valence-electron chi connectivity index (χ4n) is 3.38. The van der Waals surface area contributed by atoms with Crippen LogP contribution in [-0.2, 0) is 4.79 Å². The predicted octanol–water partition coefficient (Wildman–Crippen LogP) is 2.79. The molecule has 1 aromatic carbocycles. The number of aromatic nitrogens is 2. The Labute approximate surface area is 143 Å². The second-order valence-electron chi connectivity index (χ2n) is 6.82. The predicted molar refractivity (Wildman–Crippen MR) is 86.0 cm³/mol. The third kappa shape index (κ3) is 2.75. The zero-order chi connectivity index (χ0) is 17.7. The molecule has 1 saturated carbocycles. The van der Waals surface area contributed by atoms with Gasteiger partial charge in [0.25, 0.3) is 5.92 Å². The molecule has 1 aromatic heterocycles. The summed E-state index contributed by atoms with van der Waals surface area (Å²) in [7, 11) is 0. The number of hydrogen-bond acceptors (Lipinski definition) is 5. The van der Waals surface area contributed by atoms with E-state index in [9.17, 15) is 13.6 Å². The summed E-state index contributed by atoms with van der Waals surface area (Å²) in [5, 5.41) is 10.7. The van der Waals surface area contributed by atoms with Crippen LogP contribution >= 0.6 is 0 Å². The van der Waals surface area contributed by atoms with Gasteiger partial charge in [-0.1, -0.05) is 23.3 Å².